The average molecular weight is 261 g/mol. The number of aromatic nitrogens is 1. The topological polar surface area (TPSA) is 50.9 Å². The smallest absolute Gasteiger partial charge is 0.0898 e. The van der Waals surface area contributed by atoms with E-state index >= 15 is 0 Å². The van der Waals surface area contributed by atoms with Crippen LogP contribution < -0.4 is 11.3 Å². The number of nitrogens with two attached hydrogens (primary N) is 1. The highest BCUT2D eigenvalue weighted by atomic mass is 32.1. The Hall–Kier alpha value is -1.23. The van der Waals surface area contributed by atoms with Gasteiger partial charge in [-0.05, 0) is 24.5 Å². The molecule has 1 aromatic carbocycles. The van der Waals surface area contributed by atoms with Crippen LogP contribution in [0.5, 0.6) is 0 Å². The van der Waals surface area contributed by atoms with E-state index in [9.17, 15) is 0 Å². The van der Waals surface area contributed by atoms with E-state index in [1.807, 2.05) is 6.92 Å². The van der Waals surface area contributed by atoms with Gasteiger partial charge in [0.2, 0.25) is 0 Å². The standard InChI is InChI=1S/C14H19N3S/c1-3-4-11-5-7-12(8-6-11)14(17-15)13-9-18-10(2)16-13/h5-9,14,17H,3-4,15H2,1-2H3. The maximum absolute atomic E-state index is 5.66. The Morgan fingerprint density at radius 1 is 1.33 bits per heavy atom. The lowest BCUT2D eigenvalue weighted by atomic mass is 10.0. The van der Waals surface area contributed by atoms with Crippen LogP contribution in [0.15, 0.2) is 29.6 Å². The first-order chi connectivity index (χ1) is 8.74. The molecule has 1 heterocycles. The summed E-state index contributed by atoms with van der Waals surface area (Å²) in [6.45, 7) is 4.20. The fraction of sp³-hybridized carbons (Fsp3) is 0.357. The van der Waals surface area contributed by atoms with Gasteiger partial charge in [0, 0.05) is 5.38 Å². The van der Waals surface area contributed by atoms with E-state index in [1.165, 1.54) is 12.0 Å². The summed E-state index contributed by atoms with van der Waals surface area (Å²) in [6, 6.07) is 8.57. The lowest BCUT2D eigenvalue weighted by molar-refractivity contribution is 0.623. The van der Waals surface area contributed by atoms with Crippen LogP contribution in [0.3, 0.4) is 0 Å². The fourth-order valence-corrected chi connectivity index (χ4v) is 2.67. The number of hydrazine groups is 1. The zero-order valence-electron chi connectivity index (χ0n) is 10.8. The largest absolute Gasteiger partial charge is 0.271 e. The average Bonchev–Trinajstić information content (AvgIpc) is 2.79. The van der Waals surface area contributed by atoms with Gasteiger partial charge >= 0.3 is 0 Å². The number of nitrogens with zero attached hydrogens (tertiary/aromatic N) is 1. The zero-order valence-corrected chi connectivity index (χ0v) is 11.6. The van der Waals surface area contributed by atoms with Crippen molar-refractivity contribution in [1.29, 1.82) is 0 Å². The van der Waals surface area contributed by atoms with Crippen LogP contribution >= 0.6 is 11.3 Å². The van der Waals surface area contributed by atoms with Gasteiger partial charge < -0.3 is 0 Å². The normalized spacial score (nSPS) is 12.6. The van der Waals surface area contributed by atoms with E-state index in [-0.39, 0.29) is 6.04 Å². The Bertz CT molecular complexity index is 490. The Labute approximate surface area is 112 Å². The van der Waals surface area contributed by atoms with Gasteiger partial charge in [-0.1, -0.05) is 37.6 Å². The van der Waals surface area contributed by atoms with Gasteiger partial charge in [-0.2, -0.15) is 0 Å². The zero-order chi connectivity index (χ0) is 13.0. The molecule has 2 aromatic rings. The van der Waals surface area contributed by atoms with E-state index in [2.05, 4.69) is 47.0 Å². The summed E-state index contributed by atoms with van der Waals surface area (Å²) >= 11 is 1.65. The Kier molecular flexibility index (Phi) is 4.47. The van der Waals surface area contributed by atoms with Gasteiger partial charge in [0.05, 0.1) is 16.7 Å². The first-order valence-electron chi connectivity index (χ1n) is 6.21. The molecule has 0 saturated carbocycles. The third-order valence-electron chi connectivity index (χ3n) is 2.95. The summed E-state index contributed by atoms with van der Waals surface area (Å²) in [4.78, 5) is 4.49. The minimum atomic E-state index is -0.0226. The molecule has 0 aliphatic carbocycles. The lowest BCUT2D eigenvalue weighted by Crippen LogP contribution is -2.29. The number of thiazole rings is 1. The molecule has 0 aliphatic heterocycles. The number of rotatable bonds is 5. The number of nitrogens with one attached hydrogen (secondary N) is 1. The third kappa shape index (κ3) is 2.96. The molecule has 96 valence electrons. The summed E-state index contributed by atoms with van der Waals surface area (Å²) in [5.74, 6) is 5.66. The van der Waals surface area contributed by atoms with E-state index in [1.54, 1.807) is 11.3 Å². The van der Waals surface area contributed by atoms with Crippen molar-refractivity contribution in [3.8, 4) is 0 Å². The molecule has 3 N–H and O–H groups in total. The summed E-state index contributed by atoms with van der Waals surface area (Å²) < 4.78 is 0. The predicted octanol–water partition coefficient (Wildman–Crippen LogP) is 2.96. The summed E-state index contributed by atoms with van der Waals surface area (Å²) in [7, 11) is 0. The van der Waals surface area contributed by atoms with Crippen molar-refractivity contribution in [3.05, 3.63) is 51.5 Å². The highest BCUT2D eigenvalue weighted by Crippen LogP contribution is 2.23. The van der Waals surface area contributed by atoms with E-state index < -0.39 is 0 Å². The lowest BCUT2D eigenvalue weighted by Gasteiger charge is -2.14. The van der Waals surface area contributed by atoms with Crippen LogP contribution in [0.2, 0.25) is 0 Å². The molecule has 18 heavy (non-hydrogen) atoms. The van der Waals surface area contributed by atoms with Gasteiger partial charge in [-0.25, -0.2) is 10.4 Å². The minimum Gasteiger partial charge on any atom is -0.271 e. The maximum Gasteiger partial charge on any atom is 0.0898 e. The molecule has 1 aromatic heterocycles. The third-order valence-corrected chi connectivity index (χ3v) is 3.74. The molecule has 4 heteroatoms. The summed E-state index contributed by atoms with van der Waals surface area (Å²) in [5.41, 5.74) is 6.36. The Morgan fingerprint density at radius 3 is 2.56 bits per heavy atom. The van der Waals surface area contributed by atoms with Gasteiger partial charge in [0.1, 0.15) is 0 Å². The van der Waals surface area contributed by atoms with Gasteiger partial charge in [-0.3, -0.25) is 5.84 Å². The first kappa shape index (κ1) is 13.2. The van der Waals surface area contributed by atoms with Crippen LogP contribution in [0, 0.1) is 6.92 Å². The van der Waals surface area contributed by atoms with E-state index in [4.69, 9.17) is 5.84 Å². The van der Waals surface area contributed by atoms with E-state index in [0.29, 0.717) is 0 Å². The van der Waals surface area contributed by atoms with Crippen LogP contribution in [0.4, 0.5) is 0 Å². The van der Waals surface area contributed by atoms with Crippen molar-refractivity contribution >= 4 is 11.3 Å². The highest BCUT2D eigenvalue weighted by Gasteiger charge is 2.14. The van der Waals surface area contributed by atoms with Crippen LogP contribution in [-0.4, -0.2) is 4.98 Å². The summed E-state index contributed by atoms with van der Waals surface area (Å²) in [6.07, 6.45) is 2.29. The van der Waals surface area contributed by atoms with Crippen molar-refractivity contribution in [1.82, 2.24) is 10.4 Å². The molecule has 0 bridgehead atoms. The molecule has 2 rings (SSSR count). The van der Waals surface area contributed by atoms with Crippen molar-refractivity contribution in [3.63, 3.8) is 0 Å². The molecule has 1 unspecified atom stereocenters. The molecule has 0 radical (unpaired) electrons. The number of benzene rings is 1. The van der Waals surface area contributed by atoms with Crippen LogP contribution in [0.1, 0.15) is 41.2 Å². The molecule has 3 nitrogen and oxygen atoms in total. The molecular formula is C14H19N3S. The minimum absolute atomic E-state index is 0.0226. The van der Waals surface area contributed by atoms with Crippen molar-refractivity contribution < 1.29 is 0 Å². The van der Waals surface area contributed by atoms with Crippen LogP contribution in [-0.2, 0) is 6.42 Å². The van der Waals surface area contributed by atoms with E-state index in [0.717, 1.165) is 22.7 Å². The SMILES string of the molecule is CCCc1ccc(C(NN)c2csc(C)n2)cc1. The molecule has 0 fully saturated rings. The number of hydrogen-bond donors (Lipinski definition) is 2. The van der Waals surface area contributed by atoms with Crippen molar-refractivity contribution in [2.75, 3.05) is 0 Å². The summed E-state index contributed by atoms with van der Waals surface area (Å²) in [5, 5.41) is 3.12. The quantitative estimate of drug-likeness (QED) is 0.642. The molecule has 1 atom stereocenters. The van der Waals surface area contributed by atoms with Gasteiger partial charge in [0.15, 0.2) is 0 Å². The molecule has 0 aliphatic rings. The number of hydrogen-bond acceptors (Lipinski definition) is 4. The second kappa shape index (κ2) is 6.09. The predicted molar refractivity (Wildman–Crippen MR) is 76.5 cm³/mol. The highest BCUT2D eigenvalue weighted by molar-refractivity contribution is 7.09. The number of aryl methyl sites for hydroxylation is 2. The second-order valence-corrected chi connectivity index (χ2v) is 5.44. The van der Waals surface area contributed by atoms with Crippen molar-refractivity contribution in [2.45, 2.75) is 32.7 Å². The Balaban J connectivity index is 2.22. The Morgan fingerprint density at radius 2 is 2.06 bits per heavy atom. The maximum atomic E-state index is 5.66. The van der Waals surface area contributed by atoms with Crippen LogP contribution in [0.25, 0.3) is 0 Å². The molecular weight excluding hydrogens is 242 g/mol. The second-order valence-electron chi connectivity index (χ2n) is 4.38. The van der Waals surface area contributed by atoms with Crippen molar-refractivity contribution in [2.24, 2.45) is 5.84 Å². The first-order valence-corrected chi connectivity index (χ1v) is 7.09. The fourth-order valence-electron chi connectivity index (χ4n) is 2.03. The molecule has 0 amide bonds. The monoisotopic (exact) mass is 261 g/mol. The van der Waals surface area contributed by atoms with Gasteiger partial charge in [0.25, 0.3) is 0 Å². The van der Waals surface area contributed by atoms with Gasteiger partial charge in [-0.15, -0.1) is 11.3 Å². The molecule has 0 spiro atoms. The molecule has 0 saturated heterocycles.